The minimum atomic E-state index is -4.46. The number of aromatic nitrogens is 8. The third-order valence-corrected chi connectivity index (χ3v) is 9.65. The molecule has 19 nitrogen and oxygen atoms in total. The SMILES string of the molecule is Nc1nc2c(ncn2[C@@H]2O[C@@H]3CO[PH](=O)O[C@H]4[C@@H](F)[C@H](n5cnc6c(N)ncnc65)O[C@@H]4CO[P@@](=O)(S)O[C@@H]2[C@@H]3F)c(=O)[nH]1. The number of hydrogen-bond acceptors (Lipinski definition) is 16. The number of imidazole rings is 2. The fraction of sp³-hybridized carbons (Fsp3) is 0.500. The van der Waals surface area contributed by atoms with E-state index in [4.69, 9.17) is 39.0 Å². The summed E-state index contributed by atoms with van der Waals surface area (Å²) in [6.45, 7) is -5.78. The van der Waals surface area contributed by atoms with Crippen molar-refractivity contribution >= 4 is 61.4 Å². The second-order valence-electron chi connectivity index (χ2n) is 9.86. The molecule has 44 heavy (non-hydrogen) atoms. The van der Waals surface area contributed by atoms with E-state index in [0.717, 1.165) is 17.2 Å². The number of rotatable bonds is 2. The van der Waals surface area contributed by atoms with Crippen LogP contribution in [0.1, 0.15) is 12.5 Å². The molecule has 4 aromatic rings. The molecule has 1 unspecified atom stereocenters. The normalized spacial score (nSPS) is 36.6. The van der Waals surface area contributed by atoms with Crippen LogP contribution in [-0.4, -0.2) is 89.0 Å². The number of aromatic amines is 1. The molecule has 24 heteroatoms. The summed E-state index contributed by atoms with van der Waals surface area (Å²) in [5.74, 6) is -0.209. The van der Waals surface area contributed by atoms with Gasteiger partial charge in [0.05, 0.1) is 25.9 Å². The Balaban J connectivity index is 1.18. The Kier molecular flexibility index (Phi) is 7.46. The highest BCUT2D eigenvalue weighted by Crippen LogP contribution is 2.58. The van der Waals surface area contributed by atoms with Crippen molar-refractivity contribution in [2.45, 2.75) is 49.2 Å². The predicted octanol–water partition coefficient (Wildman–Crippen LogP) is 0.840. The Morgan fingerprint density at radius 3 is 2.50 bits per heavy atom. The summed E-state index contributed by atoms with van der Waals surface area (Å²) in [7, 11) is -3.51. The van der Waals surface area contributed by atoms with E-state index in [2.05, 4.69) is 42.2 Å². The summed E-state index contributed by atoms with van der Waals surface area (Å²) in [6.07, 6.45) is -9.49. The number of thiol groups is 1. The van der Waals surface area contributed by atoms with Gasteiger partial charge in [-0.05, 0) is 0 Å². The molecule has 3 aliphatic rings. The second-order valence-corrected chi connectivity index (χ2v) is 13.8. The smallest absolute Gasteiger partial charge is 0.382 e. The first-order valence-electron chi connectivity index (χ1n) is 12.7. The lowest BCUT2D eigenvalue weighted by atomic mass is 10.1. The van der Waals surface area contributed by atoms with Crippen LogP contribution in [0.5, 0.6) is 0 Å². The van der Waals surface area contributed by atoms with E-state index < -0.39 is 83.0 Å². The molecule has 0 radical (unpaired) electrons. The third-order valence-electron chi connectivity index (χ3n) is 7.17. The number of halogens is 2. The average molecular weight is 678 g/mol. The van der Waals surface area contributed by atoms with Crippen LogP contribution in [0.3, 0.4) is 0 Å². The summed E-state index contributed by atoms with van der Waals surface area (Å²) in [5, 5.41) is 0. The Labute approximate surface area is 249 Å². The molecule has 7 heterocycles. The van der Waals surface area contributed by atoms with E-state index in [1.807, 2.05) is 0 Å². The van der Waals surface area contributed by atoms with Crippen LogP contribution < -0.4 is 17.0 Å². The Morgan fingerprint density at radius 1 is 0.977 bits per heavy atom. The molecule has 0 amide bonds. The van der Waals surface area contributed by atoms with E-state index in [1.165, 1.54) is 10.9 Å². The Hall–Kier alpha value is -3.07. The van der Waals surface area contributed by atoms with Crippen molar-refractivity contribution in [3.05, 3.63) is 29.3 Å². The topological polar surface area (TPSA) is 249 Å². The van der Waals surface area contributed by atoms with Gasteiger partial charge in [0.2, 0.25) is 5.95 Å². The quantitative estimate of drug-likeness (QED) is 0.169. The van der Waals surface area contributed by atoms with Gasteiger partial charge in [-0.3, -0.25) is 32.5 Å². The van der Waals surface area contributed by atoms with Gasteiger partial charge in [-0.25, -0.2) is 33.3 Å². The third kappa shape index (κ3) is 5.09. The van der Waals surface area contributed by atoms with E-state index in [0.29, 0.717) is 0 Å². The number of nitrogens with zero attached hydrogens (tertiary/aromatic N) is 7. The zero-order chi connectivity index (χ0) is 30.9. The number of nitrogen functional groups attached to an aromatic ring is 2. The maximum atomic E-state index is 15.8. The Bertz CT molecular complexity index is 1880. The second kappa shape index (κ2) is 11.1. The maximum Gasteiger partial charge on any atom is 0.386 e. The molecule has 4 aromatic heterocycles. The van der Waals surface area contributed by atoms with Crippen LogP contribution in [0.4, 0.5) is 20.5 Å². The molecule has 0 aliphatic carbocycles. The molecular formula is C20H22F2N10O9P2S. The fourth-order valence-electron chi connectivity index (χ4n) is 5.19. The average Bonchev–Trinajstić information content (AvgIpc) is 3.72. The number of fused-ring (bicyclic) bond motifs is 5. The molecule has 0 spiro atoms. The number of anilines is 2. The van der Waals surface area contributed by atoms with Gasteiger partial charge in [-0.2, -0.15) is 4.98 Å². The molecule has 7 rings (SSSR count). The summed E-state index contributed by atoms with van der Waals surface area (Å²) in [6, 6.07) is 0. The molecule has 0 saturated carbocycles. The minimum absolute atomic E-state index is 0.0481. The number of nitrogens with one attached hydrogen (secondary N) is 1. The van der Waals surface area contributed by atoms with Gasteiger partial charge in [-0.1, -0.05) is 12.2 Å². The van der Waals surface area contributed by atoms with E-state index in [-0.39, 0.29) is 34.1 Å². The van der Waals surface area contributed by atoms with Crippen molar-refractivity contribution in [1.29, 1.82) is 0 Å². The van der Waals surface area contributed by atoms with Gasteiger partial charge in [0, 0.05) is 0 Å². The lowest BCUT2D eigenvalue weighted by molar-refractivity contribution is -0.0559. The molecule has 3 fully saturated rings. The van der Waals surface area contributed by atoms with Crippen molar-refractivity contribution in [3.8, 4) is 0 Å². The molecule has 3 saturated heterocycles. The van der Waals surface area contributed by atoms with Gasteiger partial charge in [0.15, 0.2) is 47.4 Å². The first-order valence-corrected chi connectivity index (χ1v) is 16.7. The highest BCUT2D eigenvalue weighted by Gasteiger charge is 2.53. The maximum absolute atomic E-state index is 15.8. The lowest BCUT2D eigenvalue weighted by Crippen LogP contribution is -2.33. The first-order chi connectivity index (χ1) is 21.0. The predicted molar refractivity (Wildman–Crippen MR) is 147 cm³/mol. The molecule has 3 aliphatic heterocycles. The molecule has 0 aromatic carbocycles. The Morgan fingerprint density at radius 2 is 1.70 bits per heavy atom. The summed E-state index contributed by atoms with van der Waals surface area (Å²) in [4.78, 5) is 34.5. The van der Waals surface area contributed by atoms with Gasteiger partial charge < -0.3 is 30.0 Å². The number of H-pyrrole nitrogens is 1. The molecule has 236 valence electrons. The van der Waals surface area contributed by atoms with Crippen molar-refractivity contribution in [3.63, 3.8) is 0 Å². The van der Waals surface area contributed by atoms with Gasteiger partial charge in [-0.15, -0.1) is 0 Å². The largest absolute Gasteiger partial charge is 0.386 e. The van der Waals surface area contributed by atoms with Crippen molar-refractivity contribution < 1.29 is 45.5 Å². The monoisotopic (exact) mass is 678 g/mol. The van der Waals surface area contributed by atoms with E-state index in [1.54, 1.807) is 0 Å². The van der Waals surface area contributed by atoms with Crippen LogP contribution in [-0.2, 0) is 36.7 Å². The zero-order valence-electron chi connectivity index (χ0n) is 21.9. The van der Waals surface area contributed by atoms with Crippen molar-refractivity contribution in [2.24, 2.45) is 0 Å². The van der Waals surface area contributed by atoms with Crippen LogP contribution in [0, 0.1) is 0 Å². The molecular weight excluding hydrogens is 656 g/mol. The van der Waals surface area contributed by atoms with Gasteiger partial charge in [0.1, 0.15) is 36.3 Å². The zero-order valence-corrected chi connectivity index (χ0v) is 24.7. The fourth-order valence-corrected chi connectivity index (χ4v) is 7.51. The lowest BCUT2D eigenvalue weighted by Gasteiger charge is -2.25. The molecule has 5 N–H and O–H groups in total. The van der Waals surface area contributed by atoms with Crippen LogP contribution in [0.15, 0.2) is 23.8 Å². The van der Waals surface area contributed by atoms with Crippen LogP contribution in [0.2, 0.25) is 0 Å². The van der Waals surface area contributed by atoms with E-state index >= 15 is 8.78 Å². The van der Waals surface area contributed by atoms with Crippen molar-refractivity contribution in [2.75, 3.05) is 24.7 Å². The molecule has 10 atom stereocenters. The summed E-state index contributed by atoms with van der Waals surface area (Å²) < 4.78 is 93.3. The summed E-state index contributed by atoms with van der Waals surface area (Å²) >= 11 is 3.99. The highest BCUT2D eigenvalue weighted by atomic mass is 32.7. The van der Waals surface area contributed by atoms with Gasteiger partial charge in [0.25, 0.3) is 5.56 Å². The number of alkyl halides is 2. The number of nitrogens with two attached hydrogens (primary N) is 2. The molecule has 2 bridgehead atoms. The minimum Gasteiger partial charge on any atom is -0.382 e. The highest BCUT2D eigenvalue weighted by molar-refractivity contribution is 8.44. The van der Waals surface area contributed by atoms with E-state index in [9.17, 15) is 13.9 Å². The van der Waals surface area contributed by atoms with Crippen LogP contribution in [0.25, 0.3) is 22.3 Å². The standard InChI is InChI=1S/C20H22F2N10O9P2S/c21-8-6-1-36-42(34)40-12-7(39-18(9(12)22)31-4-27-10-14(23)25-3-26-15(10)31)2-37-43(35,44)41-13(8)19(38-6)32-5-28-11-16(32)29-20(24)30-17(11)33/h3-9,12-13,18-19,42H,1-2H2,(H,35,44)(H2,23,25,26)(H3,24,29,30,33)/t6-,7-,8-,9-,12-,13-,18-,19-,43-/m1/s1. The van der Waals surface area contributed by atoms with Crippen LogP contribution >= 0.6 is 27.3 Å². The number of ether oxygens (including phenoxy) is 2. The number of hydrogen-bond donors (Lipinski definition) is 4. The summed E-state index contributed by atoms with van der Waals surface area (Å²) in [5.41, 5.74) is 10.9. The van der Waals surface area contributed by atoms with Crippen molar-refractivity contribution in [1.82, 2.24) is 39.0 Å². The van der Waals surface area contributed by atoms with Gasteiger partial charge >= 0.3 is 15.1 Å². The first kappa shape index (κ1) is 29.6.